The predicted octanol–water partition coefficient (Wildman–Crippen LogP) is 4.33. The normalized spacial score (nSPS) is 13.0. The maximum atomic E-state index is 13.4. The third-order valence-corrected chi connectivity index (χ3v) is 4.67. The molecule has 0 fully saturated rings. The van der Waals surface area contributed by atoms with Crippen LogP contribution >= 0.6 is 0 Å². The summed E-state index contributed by atoms with van der Waals surface area (Å²) in [5.74, 6) is -0.261. The molecule has 2 aromatic carbocycles. The molecule has 5 rings (SSSR count). The molecule has 126 valence electrons. The van der Waals surface area contributed by atoms with E-state index in [4.69, 9.17) is 0 Å². The lowest BCUT2D eigenvalue weighted by Gasteiger charge is -2.12. The van der Waals surface area contributed by atoms with Crippen LogP contribution in [0.3, 0.4) is 0 Å². The van der Waals surface area contributed by atoms with Crippen LogP contribution < -0.4 is 5.32 Å². The van der Waals surface area contributed by atoms with Gasteiger partial charge in [0.05, 0.1) is 12.1 Å². The summed E-state index contributed by atoms with van der Waals surface area (Å²) in [5.41, 5.74) is 5.40. The van der Waals surface area contributed by atoms with Gasteiger partial charge in [0, 0.05) is 23.0 Å². The fraction of sp³-hybridized carbons (Fsp3) is 0.0476. The van der Waals surface area contributed by atoms with Crippen LogP contribution in [0.2, 0.25) is 0 Å². The zero-order valence-electron chi connectivity index (χ0n) is 13.7. The first-order valence-electron chi connectivity index (χ1n) is 8.34. The molecule has 0 unspecified atom stereocenters. The van der Waals surface area contributed by atoms with Crippen LogP contribution in [0.4, 0.5) is 10.1 Å². The van der Waals surface area contributed by atoms with Crippen LogP contribution in [0.1, 0.15) is 5.56 Å². The summed E-state index contributed by atoms with van der Waals surface area (Å²) in [5, 5.41) is 3.86. The van der Waals surface area contributed by atoms with Gasteiger partial charge in [-0.2, -0.15) is 0 Å². The Hall–Kier alpha value is -3.47. The monoisotopic (exact) mass is 343 g/mol. The molecule has 4 aromatic rings. The number of pyridine rings is 1. The molecule has 4 nitrogen and oxygen atoms in total. The van der Waals surface area contributed by atoms with E-state index in [0.717, 1.165) is 39.2 Å². The summed E-state index contributed by atoms with van der Waals surface area (Å²) in [6, 6.07) is 18.3. The number of hydrogen-bond acceptors (Lipinski definition) is 2. The zero-order chi connectivity index (χ0) is 17.7. The smallest absolute Gasteiger partial charge is 0.228 e. The second kappa shape index (κ2) is 5.52. The summed E-state index contributed by atoms with van der Waals surface area (Å²) < 4.78 is 15.4. The molecule has 1 N–H and O–H groups in total. The third-order valence-electron chi connectivity index (χ3n) is 4.67. The fourth-order valence-corrected chi connectivity index (χ4v) is 3.48. The number of halogens is 1. The highest BCUT2D eigenvalue weighted by Gasteiger charge is 2.20. The SMILES string of the molecule is O=C1Cc2cc(-n3c(-c4ccc(F)cc4)cc4cccnc43)ccc2N1. The Bertz CT molecular complexity index is 1160. The number of carbonyl (C=O) groups is 1. The standard InChI is InChI=1S/C21H14FN3O/c22-16-5-3-13(4-6-16)19-11-14-2-1-9-23-21(14)25(19)17-7-8-18-15(10-17)12-20(26)24-18/h1-11H,12H2,(H,24,26). The van der Waals surface area contributed by atoms with Gasteiger partial charge in [-0.15, -0.1) is 0 Å². The van der Waals surface area contributed by atoms with E-state index in [0.29, 0.717) is 6.42 Å². The van der Waals surface area contributed by atoms with E-state index in [1.807, 2.05) is 41.0 Å². The molecule has 0 saturated carbocycles. The Morgan fingerprint density at radius 2 is 1.88 bits per heavy atom. The van der Waals surface area contributed by atoms with E-state index in [2.05, 4.69) is 10.3 Å². The Balaban J connectivity index is 1.76. The van der Waals surface area contributed by atoms with Crippen LogP contribution in [0.25, 0.3) is 28.0 Å². The molecule has 1 aliphatic rings. The van der Waals surface area contributed by atoms with Crippen molar-refractivity contribution in [1.82, 2.24) is 9.55 Å². The quantitative estimate of drug-likeness (QED) is 0.589. The number of carbonyl (C=O) groups excluding carboxylic acids is 1. The minimum atomic E-state index is -0.267. The largest absolute Gasteiger partial charge is 0.326 e. The molecular formula is C21H14FN3O. The fourth-order valence-electron chi connectivity index (χ4n) is 3.48. The Morgan fingerprint density at radius 1 is 1.04 bits per heavy atom. The lowest BCUT2D eigenvalue weighted by molar-refractivity contribution is -0.115. The summed E-state index contributed by atoms with van der Waals surface area (Å²) in [6.07, 6.45) is 2.13. The minimum Gasteiger partial charge on any atom is -0.326 e. The van der Waals surface area contributed by atoms with Crippen molar-refractivity contribution in [2.75, 3.05) is 5.32 Å². The van der Waals surface area contributed by atoms with Crippen molar-refractivity contribution in [1.29, 1.82) is 0 Å². The second-order valence-electron chi connectivity index (χ2n) is 6.35. The summed E-state index contributed by atoms with van der Waals surface area (Å²) >= 11 is 0. The average Bonchev–Trinajstić information content (AvgIpc) is 3.21. The first-order chi connectivity index (χ1) is 12.7. The van der Waals surface area contributed by atoms with Crippen LogP contribution in [-0.4, -0.2) is 15.5 Å². The van der Waals surface area contributed by atoms with E-state index in [1.54, 1.807) is 18.3 Å². The van der Waals surface area contributed by atoms with Crippen molar-refractivity contribution in [3.05, 3.63) is 78.2 Å². The molecule has 3 heterocycles. The molecule has 0 atom stereocenters. The molecule has 1 amide bonds. The van der Waals surface area contributed by atoms with Crippen molar-refractivity contribution in [2.24, 2.45) is 0 Å². The minimum absolute atomic E-state index is 0.00592. The molecule has 2 aromatic heterocycles. The molecule has 0 bridgehead atoms. The van der Waals surface area contributed by atoms with Gasteiger partial charge < -0.3 is 5.32 Å². The molecule has 0 aliphatic carbocycles. The number of rotatable bonds is 2. The average molecular weight is 343 g/mol. The summed E-state index contributed by atoms with van der Waals surface area (Å²) in [4.78, 5) is 16.2. The predicted molar refractivity (Wildman–Crippen MR) is 98.8 cm³/mol. The number of amides is 1. The van der Waals surface area contributed by atoms with Gasteiger partial charge in [-0.05, 0) is 71.8 Å². The highest BCUT2D eigenvalue weighted by atomic mass is 19.1. The maximum Gasteiger partial charge on any atom is 0.228 e. The lowest BCUT2D eigenvalue weighted by Crippen LogP contribution is -2.03. The number of nitrogens with zero attached hydrogens (tertiary/aromatic N) is 2. The van der Waals surface area contributed by atoms with Crippen LogP contribution in [0, 0.1) is 5.82 Å². The number of aromatic nitrogens is 2. The van der Waals surface area contributed by atoms with Gasteiger partial charge in [0.25, 0.3) is 0 Å². The summed E-state index contributed by atoms with van der Waals surface area (Å²) in [6.45, 7) is 0. The van der Waals surface area contributed by atoms with Crippen molar-refractivity contribution < 1.29 is 9.18 Å². The zero-order valence-corrected chi connectivity index (χ0v) is 13.7. The Labute approximate surface area is 148 Å². The van der Waals surface area contributed by atoms with E-state index in [1.165, 1.54) is 12.1 Å². The highest BCUT2D eigenvalue weighted by molar-refractivity contribution is 5.99. The molecular weight excluding hydrogens is 329 g/mol. The molecule has 1 aliphatic heterocycles. The van der Waals surface area contributed by atoms with Gasteiger partial charge >= 0.3 is 0 Å². The molecule has 0 saturated heterocycles. The van der Waals surface area contributed by atoms with E-state index in [-0.39, 0.29) is 11.7 Å². The Morgan fingerprint density at radius 3 is 2.73 bits per heavy atom. The Kier molecular flexibility index (Phi) is 3.15. The first-order valence-corrected chi connectivity index (χ1v) is 8.34. The number of hydrogen-bond donors (Lipinski definition) is 1. The summed E-state index contributed by atoms with van der Waals surface area (Å²) in [7, 11) is 0. The van der Waals surface area contributed by atoms with Crippen molar-refractivity contribution >= 4 is 22.6 Å². The van der Waals surface area contributed by atoms with E-state index < -0.39 is 0 Å². The van der Waals surface area contributed by atoms with Crippen molar-refractivity contribution in [3.63, 3.8) is 0 Å². The van der Waals surface area contributed by atoms with Gasteiger partial charge in [0.1, 0.15) is 11.5 Å². The van der Waals surface area contributed by atoms with Crippen molar-refractivity contribution in [2.45, 2.75) is 6.42 Å². The number of fused-ring (bicyclic) bond motifs is 2. The van der Waals surface area contributed by atoms with Crippen LogP contribution in [0.15, 0.2) is 66.9 Å². The van der Waals surface area contributed by atoms with Gasteiger partial charge in [0.2, 0.25) is 5.91 Å². The second-order valence-corrected chi connectivity index (χ2v) is 6.35. The topological polar surface area (TPSA) is 46.9 Å². The van der Waals surface area contributed by atoms with Gasteiger partial charge in [-0.25, -0.2) is 9.37 Å². The lowest BCUT2D eigenvalue weighted by atomic mass is 10.1. The molecule has 0 spiro atoms. The van der Waals surface area contributed by atoms with E-state index >= 15 is 0 Å². The molecule has 0 radical (unpaired) electrons. The van der Waals surface area contributed by atoms with E-state index in [9.17, 15) is 9.18 Å². The third kappa shape index (κ3) is 2.29. The first kappa shape index (κ1) is 14.8. The van der Waals surface area contributed by atoms with Crippen molar-refractivity contribution in [3.8, 4) is 16.9 Å². The highest BCUT2D eigenvalue weighted by Crippen LogP contribution is 2.33. The van der Waals surface area contributed by atoms with Crippen LogP contribution in [-0.2, 0) is 11.2 Å². The number of benzene rings is 2. The maximum absolute atomic E-state index is 13.4. The number of anilines is 1. The number of nitrogens with one attached hydrogen (secondary N) is 1. The van der Waals surface area contributed by atoms with Gasteiger partial charge in [0.15, 0.2) is 0 Å². The molecule has 5 heteroatoms. The van der Waals surface area contributed by atoms with Gasteiger partial charge in [-0.3, -0.25) is 9.36 Å². The van der Waals surface area contributed by atoms with Crippen LogP contribution in [0.5, 0.6) is 0 Å². The molecule has 26 heavy (non-hydrogen) atoms. The van der Waals surface area contributed by atoms with Gasteiger partial charge in [-0.1, -0.05) is 0 Å².